The molecule has 2 amide bonds. The van der Waals surface area contributed by atoms with Gasteiger partial charge in [0, 0.05) is 30.5 Å². The summed E-state index contributed by atoms with van der Waals surface area (Å²) in [5, 5.41) is 3.71. The first kappa shape index (κ1) is 26.5. The van der Waals surface area contributed by atoms with Crippen LogP contribution in [-0.2, 0) is 29.0 Å². The molecule has 4 nitrogen and oxygen atoms in total. The van der Waals surface area contributed by atoms with Crippen molar-refractivity contribution in [3.63, 3.8) is 0 Å². The van der Waals surface area contributed by atoms with Gasteiger partial charge < -0.3 is 10.2 Å². The van der Waals surface area contributed by atoms with Crippen molar-refractivity contribution in [1.82, 2.24) is 10.2 Å². The minimum Gasteiger partial charge on any atom is -0.352 e. The van der Waals surface area contributed by atoms with Gasteiger partial charge >= 0.3 is 0 Å². The Bertz CT molecular complexity index is 1100. The highest BCUT2D eigenvalue weighted by Gasteiger charge is 2.30. The normalized spacial score (nSPS) is 12.6. The minimum absolute atomic E-state index is 0.0245. The van der Waals surface area contributed by atoms with Gasteiger partial charge in [-0.2, -0.15) is 0 Å². The molecule has 0 bridgehead atoms. The Labute approximate surface area is 214 Å². The van der Waals surface area contributed by atoms with Crippen molar-refractivity contribution in [2.24, 2.45) is 0 Å². The zero-order chi connectivity index (χ0) is 25.2. The van der Waals surface area contributed by atoms with E-state index in [0.717, 1.165) is 23.1 Å². The molecule has 2 atom stereocenters. The molecule has 3 aromatic rings. The Balaban J connectivity index is 1.90. The smallest absolute Gasteiger partial charge is 0.243 e. The van der Waals surface area contributed by atoms with Gasteiger partial charge in [-0.05, 0) is 55.5 Å². The van der Waals surface area contributed by atoms with Crippen LogP contribution in [0.2, 0.25) is 5.02 Å². The maximum Gasteiger partial charge on any atom is 0.243 e. The van der Waals surface area contributed by atoms with Crippen LogP contribution in [0, 0.1) is 6.92 Å². The fraction of sp³-hybridized carbons (Fsp3) is 0.333. The van der Waals surface area contributed by atoms with Crippen LogP contribution in [0.1, 0.15) is 48.9 Å². The van der Waals surface area contributed by atoms with Gasteiger partial charge in [0.1, 0.15) is 6.04 Å². The number of aryl methyl sites for hydroxylation is 2. The Kier molecular flexibility index (Phi) is 9.92. The molecule has 0 radical (unpaired) electrons. The van der Waals surface area contributed by atoms with E-state index in [1.165, 1.54) is 5.56 Å². The summed E-state index contributed by atoms with van der Waals surface area (Å²) in [4.78, 5) is 28.9. The van der Waals surface area contributed by atoms with Crippen LogP contribution in [0.25, 0.3) is 0 Å². The molecule has 0 aliphatic rings. The van der Waals surface area contributed by atoms with E-state index in [4.69, 9.17) is 11.6 Å². The van der Waals surface area contributed by atoms with Crippen LogP contribution in [0.15, 0.2) is 78.9 Å². The van der Waals surface area contributed by atoms with Gasteiger partial charge in [0.2, 0.25) is 11.8 Å². The topological polar surface area (TPSA) is 49.4 Å². The molecule has 0 fully saturated rings. The van der Waals surface area contributed by atoms with E-state index in [0.29, 0.717) is 30.8 Å². The Morgan fingerprint density at radius 1 is 0.914 bits per heavy atom. The second-order valence-electron chi connectivity index (χ2n) is 9.16. The lowest BCUT2D eigenvalue weighted by molar-refractivity contribution is -0.141. The largest absolute Gasteiger partial charge is 0.352 e. The number of amides is 2. The highest BCUT2D eigenvalue weighted by molar-refractivity contribution is 6.30. The van der Waals surface area contributed by atoms with Crippen LogP contribution in [-0.4, -0.2) is 28.8 Å². The van der Waals surface area contributed by atoms with Crippen LogP contribution in [0.3, 0.4) is 0 Å². The van der Waals surface area contributed by atoms with Crippen LogP contribution in [0.4, 0.5) is 0 Å². The number of halogens is 1. The molecule has 0 aromatic heterocycles. The highest BCUT2D eigenvalue weighted by atomic mass is 35.5. The van der Waals surface area contributed by atoms with E-state index in [1.54, 1.807) is 4.90 Å². The molecular weight excluding hydrogens is 456 g/mol. The van der Waals surface area contributed by atoms with E-state index >= 15 is 0 Å². The summed E-state index contributed by atoms with van der Waals surface area (Å²) in [6.45, 7) is 6.38. The zero-order valence-electron chi connectivity index (χ0n) is 20.8. The number of rotatable bonds is 11. The van der Waals surface area contributed by atoms with Crippen molar-refractivity contribution >= 4 is 23.4 Å². The van der Waals surface area contributed by atoms with Gasteiger partial charge in [-0.25, -0.2) is 0 Å². The van der Waals surface area contributed by atoms with Gasteiger partial charge in [0.25, 0.3) is 0 Å². The first-order valence-corrected chi connectivity index (χ1v) is 12.7. The summed E-state index contributed by atoms with van der Waals surface area (Å²) in [6, 6.07) is 25.0. The maximum atomic E-state index is 13.7. The number of benzene rings is 3. The van der Waals surface area contributed by atoms with E-state index in [1.807, 2.05) is 75.4 Å². The third-order valence-electron chi connectivity index (χ3n) is 6.26. The molecule has 0 spiro atoms. The highest BCUT2D eigenvalue weighted by Crippen LogP contribution is 2.19. The predicted molar refractivity (Wildman–Crippen MR) is 143 cm³/mol. The summed E-state index contributed by atoms with van der Waals surface area (Å²) in [5.41, 5.74) is 4.21. The first-order valence-electron chi connectivity index (χ1n) is 12.3. The third-order valence-corrected chi connectivity index (χ3v) is 6.50. The third kappa shape index (κ3) is 8.25. The average molecular weight is 491 g/mol. The summed E-state index contributed by atoms with van der Waals surface area (Å²) in [6.07, 6.45) is 2.21. The molecule has 5 heteroatoms. The molecular formula is C30H35ClN2O2. The number of carbonyl (C=O) groups is 2. The van der Waals surface area contributed by atoms with Crippen LogP contribution < -0.4 is 5.32 Å². The maximum absolute atomic E-state index is 13.7. The molecule has 1 N–H and O–H groups in total. The molecule has 0 saturated heterocycles. The van der Waals surface area contributed by atoms with Gasteiger partial charge in [-0.15, -0.1) is 0 Å². The van der Waals surface area contributed by atoms with E-state index < -0.39 is 6.04 Å². The fourth-order valence-corrected chi connectivity index (χ4v) is 4.19. The zero-order valence-corrected chi connectivity index (χ0v) is 21.6. The quantitative estimate of drug-likeness (QED) is 0.351. The van der Waals surface area contributed by atoms with E-state index in [2.05, 4.69) is 29.6 Å². The summed E-state index contributed by atoms with van der Waals surface area (Å²) in [5.74, 6) is -0.181. The number of hydrogen-bond donors (Lipinski definition) is 1. The van der Waals surface area contributed by atoms with Gasteiger partial charge in [0.05, 0.1) is 0 Å². The monoisotopic (exact) mass is 490 g/mol. The molecule has 0 unspecified atom stereocenters. The number of nitrogens with one attached hydrogen (secondary N) is 1. The van der Waals surface area contributed by atoms with Crippen molar-refractivity contribution in [2.45, 2.75) is 65.1 Å². The molecule has 3 aromatic carbocycles. The van der Waals surface area contributed by atoms with Crippen molar-refractivity contribution < 1.29 is 9.59 Å². The molecule has 0 saturated carbocycles. The number of hydrogen-bond acceptors (Lipinski definition) is 2. The summed E-state index contributed by atoms with van der Waals surface area (Å²) in [7, 11) is 0. The Hall–Kier alpha value is -3.11. The lowest BCUT2D eigenvalue weighted by atomic mass is 10.0. The molecule has 35 heavy (non-hydrogen) atoms. The first-order chi connectivity index (χ1) is 16.9. The number of nitrogens with zero attached hydrogens (tertiary/aromatic N) is 1. The standard InChI is InChI=1S/C30H35ClN2O2/c1-4-23(3)32-30(35)28(20-25-9-6-5-7-10-25)33(21-26-11-8-12-27(31)19-26)29(34)18-17-24-15-13-22(2)14-16-24/h5-16,19,23,28H,4,17-18,20-21H2,1-3H3,(H,32,35)/t23-,28-/m1/s1. The molecule has 184 valence electrons. The van der Waals surface area contributed by atoms with Crippen LogP contribution >= 0.6 is 11.6 Å². The van der Waals surface area contributed by atoms with Gasteiger partial charge in [0.15, 0.2) is 0 Å². The van der Waals surface area contributed by atoms with Crippen molar-refractivity contribution in [3.8, 4) is 0 Å². The van der Waals surface area contributed by atoms with E-state index in [9.17, 15) is 9.59 Å². The SMILES string of the molecule is CC[C@@H](C)NC(=O)[C@@H](Cc1ccccc1)N(Cc1cccc(Cl)c1)C(=O)CCc1ccc(C)cc1. The number of carbonyl (C=O) groups excluding carboxylic acids is 2. The van der Waals surface area contributed by atoms with Gasteiger partial charge in [-0.1, -0.05) is 90.8 Å². The fourth-order valence-electron chi connectivity index (χ4n) is 3.98. The lowest BCUT2D eigenvalue weighted by Gasteiger charge is -2.32. The van der Waals surface area contributed by atoms with Crippen LogP contribution in [0.5, 0.6) is 0 Å². The Morgan fingerprint density at radius 2 is 1.60 bits per heavy atom. The Morgan fingerprint density at radius 3 is 2.26 bits per heavy atom. The second-order valence-corrected chi connectivity index (χ2v) is 9.60. The molecule has 3 rings (SSSR count). The summed E-state index contributed by atoms with van der Waals surface area (Å²) < 4.78 is 0. The van der Waals surface area contributed by atoms with Crippen molar-refractivity contribution in [3.05, 3.63) is 106 Å². The lowest BCUT2D eigenvalue weighted by Crippen LogP contribution is -2.52. The minimum atomic E-state index is -0.629. The van der Waals surface area contributed by atoms with Gasteiger partial charge in [-0.3, -0.25) is 9.59 Å². The average Bonchev–Trinajstić information content (AvgIpc) is 2.86. The molecule has 0 heterocycles. The predicted octanol–water partition coefficient (Wildman–Crippen LogP) is 6.14. The molecule has 0 aliphatic heterocycles. The van der Waals surface area contributed by atoms with Crippen molar-refractivity contribution in [1.29, 1.82) is 0 Å². The summed E-state index contributed by atoms with van der Waals surface area (Å²) >= 11 is 6.24. The van der Waals surface area contributed by atoms with Crippen molar-refractivity contribution in [2.75, 3.05) is 0 Å². The van der Waals surface area contributed by atoms with E-state index in [-0.39, 0.29) is 17.9 Å². The molecule has 0 aliphatic carbocycles. The second kappa shape index (κ2) is 13.1.